The summed E-state index contributed by atoms with van der Waals surface area (Å²) in [6, 6.07) is 4.09. The number of likely N-dealkylation sites (N-methyl/N-ethyl adjacent to an activating group) is 1. The second kappa shape index (κ2) is 4.79. The van der Waals surface area contributed by atoms with Gasteiger partial charge in [0.2, 0.25) is 0 Å². The molecule has 0 aliphatic heterocycles. The predicted molar refractivity (Wildman–Crippen MR) is 66.1 cm³/mol. The Morgan fingerprint density at radius 3 is 2.62 bits per heavy atom. The molecule has 1 N–H and O–H groups in total. The van der Waals surface area contributed by atoms with Gasteiger partial charge in [-0.2, -0.15) is 0 Å². The van der Waals surface area contributed by atoms with Gasteiger partial charge in [-0.25, -0.2) is 0 Å². The number of hydrogen-bond acceptors (Lipinski definition) is 2. The summed E-state index contributed by atoms with van der Waals surface area (Å²) in [7, 11) is 1.82. The Morgan fingerprint density at radius 1 is 1.25 bits per heavy atom. The van der Waals surface area contributed by atoms with Crippen molar-refractivity contribution in [3.05, 3.63) is 34.4 Å². The molecule has 86 valence electrons. The Balaban J connectivity index is 2.42. The number of benzene rings is 1. The van der Waals surface area contributed by atoms with Gasteiger partial charge in [-0.05, 0) is 56.3 Å². The molecule has 2 nitrogen and oxygen atoms in total. The first-order chi connectivity index (χ1) is 7.74. The monoisotopic (exact) mass is 217 g/mol. The van der Waals surface area contributed by atoms with Crippen LogP contribution in [0.1, 0.15) is 39.9 Å². The van der Waals surface area contributed by atoms with Crippen LogP contribution in [0.4, 0.5) is 0 Å². The Labute approximate surface area is 97.1 Å². The molecule has 1 aromatic carbocycles. The van der Waals surface area contributed by atoms with E-state index >= 15 is 0 Å². The molecule has 0 saturated heterocycles. The summed E-state index contributed by atoms with van der Waals surface area (Å²) < 4.78 is 0. The van der Waals surface area contributed by atoms with E-state index in [4.69, 9.17) is 0 Å². The zero-order chi connectivity index (χ0) is 11.5. The number of carbonyl (C=O) groups excluding carboxylic acids is 1. The molecule has 0 fully saturated rings. The van der Waals surface area contributed by atoms with Crippen LogP contribution in [0.15, 0.2) is 12.1 Å². The van der Waals surface area contributed by atoms with Crippen molar-refractivity contribution in [2.45, 2.75) is 32.6 Å². The Bertz CT molecular complexity index is 409. The van der Waals surface area contributed by atoms with Crippen LogP contribution in [-0.4, -0.2) is 19.4 Å². The van der Waals surface area contributed by atoms with Gasteiger partial charge >= 0.3 is 0 Å². The van der Waals surface area contributed by atoms with Gasteiger partial charge in [-0.3, -0.25) is 4.79 Å². The van der Waals surface area contributed by atoms with E-state index in [1.165, 1.54) is 29.5 Å². The molecule has 0 radical (unpaired) electrons. The molecular formula is C14H19NO. The molecule has 2 heteroatoms. The van der Waals surface area contributed by atoms with E-state index in [2.05, 4.69) is 18.3 Å². The minimum Gasteiger partial charge on any atom is -0.313 e. The molecule has 16 heavy (non-hydrogen) atoms. The van der Waals surface area contributed by atoms with Crippen molar-refractivity contribution in [2.75, 3.05) is 13.6 Å². The lowest BCUT2D eigenvalue weighted by Crippen LogP contribution is -2.21. The summed E-state index contributed by atoms with van der Waals surface area (Å²) in [4.78, 5) is 12.0. The fourth-order valence-electron chi connectivity index (χ4n) is 2.56. The second-order valence-corrected chi connectivity index (χ2v) is 4.55. The van der Waals surface area contributed by atoms with E-state index < -0.39 is 0 Å². The zero-order valence-corrected chi connectivity index (χ0v) is 10.1. The number of hydrogen-bond donors (Lipinski definition) is 1. The van der Waals surface area contributed by atoms with E-state index in [-0.39, 0.29) is 5.78 Å². The fraction of sp³-hybridized carbons (Fsp3) is 0.500. The first kappa shape index (κ1) is 11.3. The van der Waals surface area contributed by atoms with Gasteiger partial charge in [0.05, 0.1) is 6.54 Å². The Morgan fingerprint density at radius 2 is 1.94 bits per heavy atom. The van der Waals surface area contributed by atoms with Crippen LogP contribution in [0.3, 0.4) is 0 Å². The van der Waals surface area contributed by atoms with Crippen LogP contribution >= 0.6 is 0 Å². The lowest BCUT2D eigenvalue weighted by molar-refractivity contribution is 0.0992. The summed E-state index contributed by atoms with van der Waals surface area (Å²) in [5, 5.41) is 2.94. The maximum Gasteiger partial charge on any atom is 0.176 e. The number of Topliss-reactive ketones (excluding diaryl/α,β-unsaturated/α-hetero) is 1. The maximum atomic E-state index is 12.0. The summed E-state index contributed by atoms with van der Waals surface area (Å²) in [6.07, 6.45) is 4.69. The van der Waals surface area contributed by atoms with Gasteiger partial charge in [-0.1, -0.05) is 12.1 Å². The highest BCUT2D eigenvalue weighted by atomic mass is 16.1. The third-order valence-corrected chi connectivity index (χ3v) is 3.41. The standard InChI is InChI=1S/C14H19NO/c1-10-7-8-13(14(16)9-15-2)12-6-4-3-5-11(10)12/h7-8,15H,3-6,9H2,1-2H3. The minimum absolute atomic E-state index is 0.223. The zero-order valence-electron chi connectivity index (χ0n) is 10.1. The summed E-state index contributed by atoms with van der Waals surface area (Å²) in [6.45, 7) is 2.59. The Kier molecular flexibility index (Phi) is 3.39. The molecule has 0 atom stereocenters. The highest BCUT2D eigenvalue weighted by Gasteiger charge is 2.18. The molecule has 0 amide bonds. The summed E-state index contributed by atoms with van der Waals surface area (Å²) in [5.74, 6) is 0.223. The van der Waals surface area contributed by atoms with Gasteiger partial charge in [-0.15, -0.1) is 0 Å². The van der Waals surface area contributed by atoms with Gasteiger partial charge in [0.1, 0.15) is 0 Å². The molecule has 0 spiro atoms. The normalized spacial score (nSPS) is 14.6. The third kappa shape index (κ3) is 2.03. The van der Waals surface area contributed by atoms with Gasteiger partial charge < -0.3 is 5.32 Å². The molecule has 0 aromatic heterocycles. The quantitative estimate of drug-likeness (QED) is 0.787. The third-order valence-electron chi connectivity index (χ3n) is 3.41. The van der Waals surface area contributed by atoms with Crippen molar-refractivity contribution >= 4 is 5.78 Å². The van der Waals surface area contributed by atoms with Crippen LogP contribution in [0.5, 0.6) is 0 Å². The first-order valence-corrected chi connectivity index (χ1v) is 6.03. The molecule has 0 heterocycles. The van der Waals surface area contributed by atoms with Crippen molar-refractivity contribution in [1.82, 2.24) is 5.32 Å². The highest BCUT2D eigenvalue weighted by Crippen LogP contribution is 2.27. The molecule has 1 aliphatic carbocycles. The van der Waals surface area contributed by atoms with Crippen molar-refractivity contribution < 1.29 is 4.79 Å². The molecule has 2 rings (SSSR count). The van der Waals surface area contributed by atoms with Crippen LogP contribution < -0.4 is 5.32 Å². The lowest BCUT2D eigenvalue weighted by atomic mass is 9.84. The maximum absolute atomic E-state index is 12.0. The van der Waals surface area contributed by atoms with E-state index in [9.17, 15) is 4.79 Å². The average molecular weight is 217 g/mol. The van der Waals surface area contributed by atoms with Crippen LogP contribution in [0, 0.1) is 6.92 Å². The molecule has 0 saturated carbocycles. The number of rotatable bonds is 3. The van der Waals surface area contributed by atoms with Crippen molar-refractivity contribution in [2.24, 2.45) is 0 Å². The number of fused-ring (bicyclic) bond motifs is 1. The number of carbonyl (C=O) groups is 1. The molecule has 1 aromatic rings. The molecule has 0 unspecified atom stereocenters. The van der Waals surface area contributed by atoms with E-state index in [0.717, 1.165) is 18.4 Å². The lowest BCUT2D eigenvalue weighted by Gasteiger charge is -2.21. The van der Waals surface area contributed by atoms with E-state index in [0.29, 0.717) is 6.54 Å². The number of aryl methyl sites for hydroxylation is 1. The molecule has 0 bridgehead atoms. The summed E-state index contributed by atoms with van der Waals surface area (Å²) >= 11 is 0. The van der Waals surface area contributed by atoms with Gasteiger partial charge in [0.25, 0.3) is 0 Å². The SMILES string of the molecule is CNCC(=O)c1ccc(C)c2c1CCCC2. The topological polar surface area (TPSA) is 29.1 Å². The average Bonchev–Trinajstić information content (AvgIpc) is 2.30. The smallest absolute Gasteiger partial charge is 0.176 e. The van der Waals surface area contributed by atoms with Crippen molar-refractivity contribution in [3.8, 4) is 0 Å². The van der Waals surface area contributed by atoms with Crippen LogP contribution in [0.25, 0.3) is 0 Å². The van der Waals surface area contributed by atoms with Gasteiger partial charge in [0, 0.05) is 5.56 Å². The fourth-order valence-corrected chi connectivity index (χ4v) is 2.56. The molecular weight excluding hydrogens is 198 g/mol. The van der Waals surface area contributed by atoms with Crippen LogP contribution in [0.2, 0.25) is 0 Å². The van der Waals surface area contributed by atoms with E-state index in [1.807, 2.05) is 13.1 Å². The molecule has 1 aliphatic rings. The predicted octanol–water partition coefficient (Wildman–Crippen LogP) is 2.28. The second-order valence-electron chi connectivity index (χ2n) is 4.55. The van der Waals surface area contributed by atoms with Crippen molar-refractivity contribution in [3.63, 3.8) is 0 Å². The Hall–Kier alpha value is -1.15. The highest BCUT2D eigenvalue weighted by molar-refractivity contribution is 5.99. The summed E-state index contributed by atoms with van der Waals surface area (Å²) in [5.41, 5.74) is 5.02. The number of nitrogens with one attached hydrogen (secondary N) is 1. The number of ketones is 1. The first-order valence-electron chi connectivity index (χ1n) is 6.03. The van der Waals surface area contributed by atoms with Crippen LogP contribution in [-0.2, 0) is 12.8 Å². The van der Waals surface area contributed by atoms with Gasteiger partial charge in [0.15, 0.2) is 5.78 Å². The largest absolute Gasteiger partial charge is 0.313 e. The minimum atomic E-state index is 0.223. The van der Waals surface area contributed by atoms with E-state index in [1.54, 1.807) is 0 Å². The van der Waals surface area contributed by atoms with Crippen molar-refractivity contribution in [1.29, 1.82) is 0 Å².